The molecule has 1 saturated carbocycles. The molecule has 0 saturated heterocycles. The minimum absolute atomic E-state index is 0.202. The third kappa shape index (κ3) is 9.53. The van der Waals surface area contributed by atoms with Gasteiger partial charge in [0.2, 0.25) is 10.0 Å². The third-order valence-corrected chi connectivity index (χ3v) is 8.95. The first kappa shape index (κ1) is 28.7. The summed E-state index contributed by atoms with van der Waals surface area (Å²) in [6.07, 6.45) is 14.1. The van der Waals surface area contributed by atoms with Gasteiger partial charge in [0.05, 0.1) is 12.0 Å². The molecule has 0 radical (unpaired) electrons. The van der Waals surface area contributed by atoms with E-state index in [9.17, 15) is 13.2 Å². The quantitative estimate of drug-likeness (QED) is 0.203. The maximum absolute atomic E-state index is 13.1. The Bertz CT molecular complexity index is 1030. The van der Waals surface area contributed by atoms with Crippen LogP contribution >= 0.6 is 11.6 Å². The summed E-state index contributed by atoms with van der Waals surface area (Å²) < 4.78 is 33.9. The summed E-state index contributed by atoms with van der Waals surface area (Å²) in [4.78, 5) is 11.6. The summed E-state index contributed by atoms with van der Waals surface area (Å²) in [5.41, 5.74) is 2.07. The van der Waals surface area contributed by atoms with Crippen molar-refractivity contribution in [3.8, 4) is 0 Å². The Morgan fingerprint density at radius 1 is 0.972 bits per heavy atom. The summed E-state index contributed by atoms with van der Waals surface area (Å²) in [7, 11) is -2.28. The molecule has 1 aliphatic carbocycles. The first-order valence-corrected chi connectivity index (χ1v) is 15.2. The first-order chi connectivity index (χ1) is 17.4. The van der Waals surface area contributed by atoms with Crippen LogP contribution in [0.25, 0.3) is 0 Å². The number of carbonyl (C=O) groups is 1. The maximum atomic E-state index is 13.1. The summed E-state index contributed by atoms with van der Waals surface area (Å²) in [5.74, 6) is 0.677. The number of rotatable bonds is 14. The number of nitrogens with one attached hydrogen (secondary N) is 1. The van der Waals surface area contributed by atoms with E-state index in [0.717, 1.165) is 49.1 Å². The fraction of sp³-hybridized carbons (Fsp3) is 0.552. The zero-order valence-electron chi connectivity index (χ0n) is 21.4. The lowest BCUT2D eigenvalue weighted by Gasteiger charge is -2.22. The second-order valence-corrected chi connectivity index (χ2v) is 12.1. The number of hydrogen-bond acceptors (Lipinski definition) is 4. The Kier molecular flexibility index (Phi) is 11.7. The normalized spacial score (nSPS) is 15.5. The molecule has 2 aromatic rings. The minimum atomic E-state index is -3.68. The molecule has 36 heavy (non-hydrogen) atoms. The van der Waals surface area contributed by atoms with Gasteiger partial charge in [-0.05, 0) is 60.6 Å². The first-order valence-electron chi connectivity index (χ1n) is 13.3. The molecule has 1 fully saturated rings. The molecule has 1 unspecified atom stereocenters. The van der Waals surface area contributed by atoms with Gasteiger partial charge in [0.25, 0.3) is 0 Å². The van der Waals surface area contributed by atoms with Gasteiger partial charge in [-0.3, -0.25) is 4.79 Å². The average molecular weight is 534 g/mol. The van der Waals surface area contributed by atoms with E-state index in [2.05, 4.69) is 4.72 Å². The number of benzene rings is 2. The Hall–Kier alpha value is -1.89. The molecule has 1 N–H and O–H groups in total. The van der Waals surface area contributed by atoms with Crippen LogP contribution in [0, 0.1) is 5.92 Å². The molecule has 5 nitrogen and oxygen atoms in total. The van der Waals surface area contributed by atoms with E-state index in [-0.39, 0.29) is 16.9 Å². The van der Waals surface area contributed by atoms with Gasteiger partial charge in [-0.2, -0.15) is 0 Å². The largest absolute Gasteiger partial charge is 0.469 e. The molecule has 0 aromatic heterocycles. The van der Waals surface area contributed by atoms with Crippen molar-refractivity contribution in [2.24, 2.45) is 5.92 Å². The fourth-order valence-corrected chi connectivity index (χ4v) is 6.44. The summed E-state index contributed by atoms with van der Waals surface area (Å²) in [5, 5.41) is 0.506. The molecule has 0 heterocycles. The van der Waals surface area contributed by atoms with Crippen LogP contribution in [-0.4, -0.2) is 21.5 Å². The Balaban J connectivity index is 1.61. The van der Waals surface area contributed by atoms with Gasteiger partial charge in [-0.15, -0.1) is 0 Å². The van der Waals surface area contributed by atoms with Gasteiger partial charge in [-0.1, -0.05) is 93.7 Å². The van der Waals surface area contributed by atoms with E-state index in [4.69, 9.17) is 16.3 Å². The molecular weight excluding hydrogens is 494 g/mol. The van der Waals surface area contributed by atoms with Crippen molar-refractivity contribution in [1.82, 2.24) is 4.72 Å². The number of carbonyl (C=O) groups excluding carboxylic acids is 1. The van der Waals surface area contributed by atoms with Crippen molar-refractivity contribution in [3.05, 3.63) is 64.7 Å². The molecular formula is C29H40ClNO4S. The van der Waals surface area contributed by atoms with Crippen LogP contribution in [0.4, 0.5) is 0 Å². The van der Waals surface area contributed by atoms with E-state index >= 15 is 0 Å². The SMILES string of the molecule is COC(=O)CCCc1ccc(C(CCCCCC2CCCCC2)NS(=O)(=O)c2ccc(Cl)cc2)cc1. The van der Waals surface area contributed by atoms with Crippen molar-refractivity contribution in [2.75, 3.05) is 7.11 Å². The third-order valence-electron chi connectivity index (χ3n) is 7.21. The highest BCUT2D eigenvalue weighted by molar-refractivity contribution is 7.89. The highest BCUT2D eigenvalue weighted by Gasteiger charge is 2.22. The van der Waals surface area contributed by atoms with Crippen molar-refractivity contribution in [2.45, 2.75) is 94.4 Å². The smallest absolute Gasteiger partial charge is 0.305 e. The number of esters is 1. The number of aryl methyl sites for hydroxylation is 1. The fourth-order valence-electron chi connectivity index (χ4n) is 5.05. The second-order valence-electron chi connectivity index (χ2n) is 9.94. The van der Waals surface area contributed by atoms with Crippen LogP contribution in [-0.2, 0) is 26.0 Å². The van der Waals surface area contributed by atoms with E-state index in [1.165, 1.54) is 64.2 Å². The van der Waals surface area contributed by atoms with Crippen LogP contribution in [0.2, 0.25) is 5.02 Å². The zero-order valence-corrected chi connectivity index (χ0v) is 23.0. The minimum Gasteiger partial charge on any atom is -0.469 e. The summed E-state index contributed by atoms with van der Waals surface area (Å²) in [6, 6.07) is 14.0. The topological polar surface area (TPSA) is 72.5 Å². The summed E-state index contributed by atoms with van der Waals surface area (Å²) in [6.45, 7) is 0. The Morgan fingerprint density at radius 3 is 2.33 bits per heavy atom. The van der Waals surface area contributed by atoms with Gasteiger partial charge in [0.1, 0.15) is 0 Å². The standard InChI is InChI=1S/C29H40ClNO4S/c1-35-29(32)14-8-12-24-15-17-25(18-16-24)28(13-7-3-6-11-23-9-4-2-5-10-23)31-36(33,34)27-21-19-26(30)20-22-27/h15-23,28,31H,2-14H2,1H3. The Labute approximate surface area is 222 Å². The monoisotopic (exact) mass is 533 g/mol. The van der Waals surface area contributed by atoms with Crippen molar-refractivity contribution >= 4 is 27.6 Å². The molecule has 0 aliphatic heterocycles. The average Bonchev–Trinajstić information content (AvgIpc) is 2.89. The van der Waals surface area contributed by atoms with E-state index in [1.807, 2.05) is 24.3 Å². The van der Waals surface area contributed by atoms with Crippen LogP contribution in [0.1, 0.15) is 94.2 Å². The zero-order chi connectivity index (χ0) is 25.8. The predicted molar refractivity (Wildman–Crippen MR) is 146 cm³/mol. The number of halogens is 1. The lowest BCUT2D eigenvalue weighted by atomic mass is 9.85. The molecule has 3 rings (SSSR count). The predicted octanol–water partition coefficient (Wildman–Crippen LogP) is 7.39. The maximum Gasteiger partial charge on any atom is 0.305 e. The number of methoxy groups -OCH3 is 1. The molecule has 2 aromatic carbocycles. The summed E-state index contributed by atoms with van der Waals surface area (Å²) >= 11 is 5.95. The highest BCUT2D eigenvalue weighted by Crippen LogP contribution is 2.29. The molecule has 1 aliphatic rings. The van der Waals surface area contributed by atoms with Gasteiger partial charge in [-0.25, -0.2) is 13.1 Å². The molecule has 198 valence electrons. The van der Waals surface area contributed by atoms with Crippen LogP contribution in [0.15, 0.2) is 53.4 Å². The van der Waals surface area contributed by atoms with Gasteiger partial charge in [0, 0.05) is 17.5 Å². The molecule has 7 heteroatoms. The van der Waals surface area contributed by atoms with Crippen LogP contribution in [0.5, 0.6) is 0 Å². The molecule has 0 bridgehead atoms. The van der Waals surface area contributed by atoms with Crippen LogP contribution < -0.4 is 4.72 Å². The van der Waals surface area contributed by atoms with E-state index in [1.54, 1.807) is 12.1 Å². The molecule has 0 amide bonds. The van der Waals surface area contributed by atoms with Gasteiger partial charge in [0.15, 0.2) is 0 Å². The number of unbranched alkanes of at least 4 members (excludes halogenated alkanes) is 2. The lowest BCUT2D eigenvalue weighted by Crippen LogP contribution is -2.28. The van der Waals surface area contributed by atoms with Crippen molar-refractivity contribution in [3.63, 3.8) is 0 Å². The molecule has 0 spiro atoms. The van der Waals surface area contributed by atoms with Gasteiger partial charge < -0.3 is 4.74 Å². The van der Waals surface area contributed by atoms with E-state index in [0.29, 0.717) is 11.4 Å². The van der Waals surface area contributed by atoms with Crippen molar-refractivity contribution < 1.29 is 17.9 Å². The van der Waals surface area contributed by atoms with Crippen LogP contribution in [0.3, 0.4) is 0 Å². The van der Waals surface area contributed by atoms with Crippen molar-refractivity contribution in [1.29, 1.82) is 0 Å². The van der Waals surface area contributed by atoms with E-state index < -0.39 is 10.0 Å². The lowest BCUT2D eigenvalue weighted by molar-refractivity contribution is -0.140. The number of hydrogen-bond donors (Lipinski definition) is 1. The number of ether oxygens (including phenoxy) is 1. The second kappa shape index (κ2) is 14.7. The highest BCUT2D eigenvalue weighted by atomic mass is 35.5. The molecule has 1 atom stereocenters. The Morgan fingerprint density at radius 2 is 1.67 bits per heavy atom. The number of sulfonamides is 1. The van der Waals surface area contributed by atoms with Gasteiger partial charge >= 0.3 is 5.97 Å².